The third-order valence-corrected chi connectivity index (χ3v) is 3.81. The highest BCUT2D eigenvalue weighted by Gasteiger charge is 2.24. The number of sulfonamides is 1. The molecule has 0 aliphatic carbocycles. The van der Waals surface area contributed by atoms with Crippen LogP contribution in [0.4, 0.5) is 0 Å². The molecule has 18 heavy (non-hydrogen) atoms. The van der Waals surface area contributed by atoms with Crippen LogP contribution >= 0.6 is 0 Å². The summed E-state index contributed by atoms with van der Waals surface area (Å²) in [6.45, 7) is 2.96. The zero-order chi connectivity index (χ0) is 13.9. The van der Waals surface area contributed by atoms with Gasteiger partial charge in [-0.15, -0.1) is 0 Å². The average molecular weight is 272 g/mol. The molecule has 0 aliphatic heterocycles. The van der Waals surface area contributed by atoms with Crippen LogP contribution in [0, 0.1) is 6.92 Å². The molecule has 0 amide bonds. The van der Waals surface area contributed by atoms with E-state index in [0.29, 0.717) is 0 Å². The molecule has 0 bridgehead atoms. The number of nitrogens with one attached hydrogen (secondary N) is 1. The zero-order valence-corrected chi connectivity index (χ0v) is 10.8. The number of carboxylic acids is 1. The fraction of sp³-hybridized carbons (Fsp3) is 0.364. The number of aryl methyl sites for hydroxylation is 1. The molecule has 0 aromatic heterocycles. The van der Waals surface area contributed by atoms with Crippen molar-refractivity contribution in [1.29, 1.82) is 0 Å². The van der Waals surface area contributed by atoms with E-state index >= 15 is 0 Å². The number of carboxylic acid groups (broad SMARTS) is 1. The van der Waals surface area contributed by atoms with Crippen LogP contribution < -0.4 is 9.83 Å². The van der Waals surface area contributed by atoms with Gasteiger partial charge >= 0.3 is 0 Å². The van der Waals surface area contributed by atoms with Crippen LogP contribution in [0.25, 0.3) is 0 Å². The van der Waals surface area contributed by atoms with E-state index in [1.165, 1.54) is 12.1 Å². The summed E-state index contributed by atoms with van der Waals surface area (Å²) in [5, 5.41) is 19.9. The standard InChI is InChI=1S/C11H15NO5S/c1-7-3-5-9(6-4-7)18(16,17)12-10(8(2)13)11(14)15/h3-6,8,10,12-13H,1-2H3,(H,14,15)/p-1/t8-,10-/m0/s1. The van der Waals surface area contributed by atoms with Gasteiger partial charge < -0.3 is 15.0 Å². The van der Waals surface area contributed by atoms with E-state index in [2.05, 4.69) is 0 Å². The number of hydrogen-bond donors (Lipinski definition) is 2. The quantitative estimate of drug-likeness (QED) is 0.698. The summed E-state index contributed by atoms with van der Waals surface area (Å²) in [7, 11) is -4.00. The molecular weight excluding hydrogens is 258 g/mol. The Bertz CT molecular complexity index is 521. The van der Waals surface area contributed by atoms with Gasteiger partial charge in [0, 0.05) is 0 Å². The molecular formula is C11H14NO5S-. The minimum atomic E-state index is -4.00. The number of carbonyl (C=O) groups excluding carboxylic acids is 1. The number of aliphatic hydroxyl groups excluding tert-OH is 1. The van der Waals surface area contributed by atoms with Crippen molar-refractivity contribution >= 4 is 16.0 Å². The molecule has 1 rings (SSSR count). The highest BCUT2D eigenvalue weighted by atomic mass is 32.2. The Balaban J connectivity index is 3.01. The molecule has 6 nitrogen and oxygen atoms in total. The Morgan fingerprint density at radius 2 is 1.83 bits per heavy atom. The summed E-state index contributed by atoms with van der Waals surface area (Å²) in [5.41, 5.74) is 0.876. The van der Waals surface area contributed by atoms with Crippen LogP contribution in [0.1, 0.15) is 12.5 Å². The van der Waals surface area contributed by atoms with Gasteiger partial charge in [-0.25, -0.2) is 8.42 Å². The zero-order valence-electron chi connectivity index (χ0n) is 9.95. The molecule has 0 saturated heterocycles. The van der Waals surface area contributed by atoms with Crippen LogP contribution in [0.3, 0.4) is 0 Å². The van der Waals surface area contributed by atoms with E-state index in [4.69, 9.17) is 0 Å². The first-order valence-electron chi connectivity index (χ1n) is 5.22. The molecule has 0 spiro atoms. The van der Waals surface area contributed by atoms with Crippen LogP contribution in [0.5, 0.6) is 0 Å². The van der Waals surface area contributed by atoms with Gasteiger partial charge in [-0.05, 0) is 26.0 Å². The summed E-state index contributed by atoms with van der Waals surface area (Å²) < 4.78 is 25.6. The molecule has 0 radical (unpaired) electrons. The fourth-order valence-electron chi connectivity index (χ4n) is 1.30. The lowest BCUT2D eigenvalue weighted by Crippen LogP contribution is -2.53. The first-order chi connectivity index (χ1) is 8.24. The molecule has 0 aliphatic rings. The summed E-state index contributed by atoms with van der Waals surface area (Å²) in [4.78, 5) is 10.6. The molecule has 2 atom stereocenters. The number of carbonyl (C=O) groups is 1. The van der Waals surface area contributed by atoms with Crippen molar-refractivity contribution in [3.63, 3.8) is 0 Å². The SMILES string of the molecule is Cc1ccc(S(=O)(=O)N[C@H](C(=O)[O-])[C@H](C)O)cc1. The monoisotopic (exact) mass is 272 g/mol. The van der Waals surface area contributed by atoms with E-state index in [-0.39, 0.29) is 4.90 Å². The van der Waals surface area contributed by atoms with Crippen LogP contribution in [-0.2, 0) is 14.8 Å². The van der Waals surface area contributed by atoms with Gasteiger partial charge in [0.05, 0.1) is 23.0 Å². The Morgan fingerprint density at radius 3 is 2.22 bits per heavy atom. The Kier molecular flexibility index (Phi) is 4.44. The molecule has 0 saturated carbocycles. The molecule has 7 heteroatoms. The Labute approximate surface area is 105 Å². The lowest BCUT2D eigenvalue weighted by Gasteiger charge is -2.22. The van der Waals surface area contributed by atoms with Gasteiger partial charge in [0.2, 0.25) is 10.0 Å². The average Bonchev–Trinajstić information content (AvgIpc) is 2.26. The van der Waals surface area contributed by atoms with Gasteiger partial charge in [0.15, 0.2) is 0 Å². The summed E-state index contributed by atoms with van der Waals surface area (Å²) >= 11 is 0. The van der Waals surface area contributed by atoms with Gasteiger partial charge in [0.1, 0.15) is 0 Å². The minimum Gasteiger partial charge on any atom is -0.548 e. The van der Waals surface area contributed by atoms with Crippen LogP contribution in [0.2, 0.25) is 0 Å². The van der Waals surface area contributed by atoms with Crippen LogP contribution in [0.15, 0.2) is 29.2 Å². The molecule has 0 unspecified atom stereocenters. The minimum absolute atomic E-state index is 0.0694. The molecule has 0 fully saturated rings. The van der Waals surface area contributed by atoms with E-state index in [9.17, 15) is 23.4 Å². The smallest absolute Gasteiger partial charge is 0.241 e. The number of aliphatic hydroxyl groups is 1. The predicted octanol–water partition coefficient (Wildman–Crippen LogP) is -1.23. The Hall–Kier alpha value is -1.44. The van der Waals surface area contributed by atoms with Crippen LogP contribution in [-0.4, -0.2) is 31.6 Å². The number of rotatable bonds is 5. The maximum Gasteiger partial charge on any atom is 0.241 e. The number of benzene rings is 1. The lowest BCUT2D eigenvalue weighted by molar-refractivity contribution is -0.309. The van der Waals surface area contributed by atoms with Crippen molar-refractivity contribution in [2.75, 3.05) is 0 Å². The van der Waals surface area contributed by atoms with Gasteiger partial charge in [-0.2, -0.15) is 4.72 Å². The normalized spacial score (nSPS) is 15.1. The summed E-state index contributed by atoms with van der Waals surface area (Å²) in [5.74, 6) is -1.68. The maximum atomic E-state index is 11.8. The maximum absolute atomic E-state index is 11.8. The second-order valence-electron chi connectivity index (χ2n) is 3.97. The molecule has 100 valence electrons. The van der Waals surface area contributed by atoms with Gasteiger partial charge in [-0.1, -0.05) is 17.7 Å². The third-order valence-electron chi connectivity index (χ3n) is 2.35. The highest BCUT2D eigenvalue weighted by molar-refractivity contribution is 7.89. The van der Waals surface area contributed by atoms with Gasteiger partial charge in [0.25, 0.3) is 0 Å². The molecule has 2 N–H and O–H groups in total. The van der Waals surface area contributed by atoms with E-state index < -0.39 is 28.1 Å². The number of aliphatic carboxylic acids is 1. The first kappa shape index (κ1) is 14.6. The second-order valence-corrected chi connectivity index (χ2v) is 5.69. The van der Waals surface area contributed by atoms with Crippen molar-refractivity contribution in [3.05, 3.63) is 29.8 Å². The molecule has 1 aromatic carbocycles. The third kappa shape index (κ3) is 3.52. The lowest BCUT2D eigenvalue weighted by atomic mass is 10.2. The van der Waals surface area contributed by atoms with Crippen molar-refractivity contribution in [2.24, 2.45) is 0 Å². The van der Waals surface area contributed by atoms with Crippen molar-refractivity contribution < 1.29 is 23.4 Å². The van der Waals surface area contributed by atoms with Gasteiger partial charge in [-0.3, -0.25) is 0 Å². The van der Waals surface area contributed by atoms with E-state index in [1.807, 2.05) is 4.72 Å². The van der Waals surface area contributed by atoms with Crippen molar-refractivity contribution in [1.82, 2.24) is 4.72 Å². The van der Waals surface area contributed by atoms with Crippen molar-refractivity contribution in [3.8, 4) is 0 Å². The van der Waals surface area contributed by atoms with E-state index in [1.54, 1.807) is 19.1 Å². The predicted molar refractivity (Wildman–Crippen MR) is 62.0 cm³/mol. The highest BCUT2D eigenvalue weighted by Crippen LogP contribution is 2.11. The van der Waals surface area contributed by atoms with E-state index in [0.717, 1.165) is 12.5 Å². The first-order valence-corrected chi connectivity index (χ1v) is 6.70. The molecule has 1 aromatic rings. The van der Waals surface area contributed by atoms with Crippen molar-refractivity contribution in [2.45, 2.75) is 30.9 Å². The number of hydrogen-bond acceptors (Lipinski definition) is 5. The summed E-state index contributed by atoms with van der Waals surface area (Å²) in [6, 6.07) is 4.20. The fourth-order valence-corrected chi connectivity index (χ4v) is 2.55. The topological polar surface area (TPSA) is 107 Å². The molecule has 0 heterocycles. The summed E-state index contributed by atoms with van der Waals surface area (Å²) in [6.07, 6.45) is -1.39. The Morgan fingerprint density at radius 1 is 1.33 bits per heavy atom. The largest absolute Gasteiger partial charge is 0.548 e. The second kappa shape index (κ2) is 5.47.